The minimum absolute atomic E-state index is 0.00807. The van der Waals surface area contributed by atoms with E-state index in [4.69, 9.17) is 0 Å². The van der Waals surface area contributed by atoms with E-state index in [1.807, 2.05) is 0 Å². The van der Waals surface area contributed by atoms with Gasteiger partial charge in [0.1, 0.15) is 23.1 Å². The molecule has 1 aromatic heterocycles. The summed E-state index contributed by atoms with van der Waals surface area (Å²) in [6.45, 7) is 0.649. The third-order valence-electron chi connectivity index (χ3n) is 5.11. The molecule has 150 valence electrons. The summed E-state index contributed by atoms with van der Waals surface area (Å²) in [4.78, 5) is 14.1. The average molecular weight is 398 g/mol. The minimum atomic E-state index is -1.42. The maximum Gasteiger partial charge on any atom is 0.323 e. The second-order valence-corrected chi connectivity index (χ2v) is 7.11. The zero-order chi connectivity index (χ0) is 20.4. The van der Waals surface area contributed by atoms with E-state index in [2.05, 4.69) is 10.4 Å². The Hall–Kier alpha value is -3.26. The van der Waals surface area contributed by atoms with Crippen molar-refractivity contribution in [3.8, 4) is 0 Å². The van der Waals surface area contributed by atoms with Crippen LogP contribution in [0.2, 0.25) is 0 Å². The van der Waals surface area contributed by atoms with Gasteiger partial charge in [-0.2, -0.15) is 5.10 Å². The number of nitrogens with one attached hydrogen (secondary N) is 1. The Bertz CT molecular complexity index is 1020. The molecule has 0 bridgehead atoms. The molecule has 0 saturated carbocycles. The molecule has 1 aliphatic rings. The molecular weight excluding hydrogens is 378 g/mol. The highest BCUT2D eigenvalue weighted by Gasteiger charge is 2.41. The van der Waals surface area contributed by atoms with Crippen molar-refractivity contribution in [2.45, 2.75) is 18.6 Å². The lowest BCUT2D eigenvalue weighted by molar-refractivity contribution is 0.0464. The fourth-order valence-corrected chi connectivity index (χ4v) is 3.54. The van der Waals surface area contributed by atoms with Crippen LogP contribution in [-0.4, -0.2) is 38.9 Å². The van der Waals surface area contributed by atoms with E-state index >= 15 is 0 Å². The van der Waals surface area contributed by atoms with Gasteiger partial charge in [-0.05, 0) is 30.2 Å². The van der Waals surface area contributed by atoms with Crippen LogP contribution >= 0.6 is 0 Å². The molecule has 1 aliphatic heterocycles. The number of anilines is 1. The number of carbonyl (C=O) groups excluding carboxylic acids is 1. The van der Waals surface area contributed by atoms with Gasteiger partial charge in [0.15, 0.2) is 0 Å². The smallest absolute Gasteiger partial charge is 0.323 e. The van der Waals surface area contributed by atoms with Crippen LogP contribution in [0.25, 0.3) is 0 Å². The molecule has 3 aromatic rings. The predicted octanol–water partition coefficient (Wildman–Crippen LogP) is 3.34. The molecule has 0 radical (unpaired) electrons. The minimum Gasteiger partial charge on any atom is -0.383 e. The molecule has 0 spiro atoms. The quantitative estimate of drug-likeness (QED) is 0.708. The van der Waals surface area contributed by atoms with Gasteiger partial charge in [0.2, 0.25) is 0 Å². The number of nitrogens with zero attached hydrogens (tertiary/aromatic N) is 3. The molecule has 4 rings (SSSR count). The van der Waals surface area contributed by atoms with Crippen LogP contribution < -0.4 is 5.32 Å². The number of aromatic nitrogens is 2. The lowest BCUT2D eigenvalue weighted by atomic mass is 9.93. The number of likely N-dealkylation sites (tertiary alicyclic amines) is 1. The number of urea groups is 1. The third-order valence-corrected chi connectivity index (χ3v) is 5.11. The molecule has 6 nitrogen and oxygen atoms in total. The molecule has 29 heavy (non-hydrogen) atoms. The van der Waals surface area contributed by atoms with E-state index in [1.54, 1.807) is 41.2 Å². The molecule has 1 atom stereocenters. The SMILES string of the molecule is O=C(Nc1ccnn1Cc1ccc(F)cc1)N1CCC(O)(c2ccccc2F)C1. The van der Waals surface area contributed by atoms with Crippen LogP contribution in [0.15, 0.2) is 60.8 Å². The highest BCUT2D eigenvalue weighted by atomic mass is 19.1. The van der Waals surface area contributed by atoms with Gasteiger partial charge >= 0.3 is 6.03 Å². The first-order valence-corrected chi connectivity index (χ1v) is 9.24. The standard InChI is InChI=1S/C21H20F2N4O2/c22-16-7-5-15(6-8-16)13-27-19(9-11-24-27)25-20(28)26-12-10-21(29,14-26)17-3-1-2-4-18(17)23/h1-9,11,29H,10,12-14H2,(H,25,28). The molecule has 8 heteroatoms. The molecule has 1 saturated heterocycles. The number of β-amino-alcohol motifs (C(OH)–C–C–N with tert-alkyl or cyclic N) is 1. The fourth-order valence-electron chi connectivity index (χ4n) is 3.54. The topological polar surface area (TPSA) is 70.4 Å². The Kier molecular flexibility index (Phi) is 5.02. The largest absolute Gasteiger partial charge is 0.383 e. The number of amides is 2. The Morgan fingerprint density at radius 1 is 1.14 bits per heavy atom. The molecule has 2 N–H and O–H groups in total. The van der Waals surface area contributed by atoms with Crippen molar-refractivity contribution in [1.82, 2.24) is 14.7 Å². The lowest BCUT2D eigenvalue weighted by Crippen LogP contribution is -2.37. The first-order valence-electron chi connectivity index (χ1n) is 9.24. The summed E-state index contributed by atoms with van der Waals surface area (Å²) in [5.74, 6) is -0.339. The Morgan fingerprint density at radius 2 is 1.90 bits per heavy atom. The number of carbonyl (C=O) groups is 1. The number of hydrogen-bond donors (Lipinski definition) is 2. The maximum atomic E-state index is 14.1. The number of benzene rings is 2. The lowest BCUT2D eigenvalue weighted by Gasteiger charge is -2.24. The van der Waals surface area contributed by atoms with E-state index in [-0.39, 0.29) is 24.3 Å². The summed E-state index contributed by atoms with van der Waals surface area (Å²) < 4.78 is 28.7. The van der Waals surface area contributed by atoms with Crippen LogP contribution in [0, 0.1) is 11.6 Å². The van der Waals surface area contributed by atoms with Gasteiger partial charge in [0.05, 0.1) is 19.3 Å². The fraction of sp³-hybridized carbons (Fsp3) is 0.238. The monoisotopic (exact) mass is 398 g/mol. The number of rotatable bonds is 4. The van der Waals surface area contributed by atoms with Crippen LogP contribution in [0.4, 0.5) is 19.4 Å². The summed E-state index contributed by atoms with van der Waals surface area (Å²) in [6.07, 6.45) is 1.80. The predicted molar refractivity (Wildman–Crippen MR) is 103 cm³/mol. The van der Waals surface area contributed by atoms with Gasteiger partial charge in [0.25, 0.3) is 0 Å². The van der Waals surface area contributed by atoms with Crippen molar-refractivity contribution in [1.29, 1.82) is 0 Å². The van der Waals surface area contributed by atoms with Crippen LogP contribution in [0.5, 0.6) is 0 Å². The van der Waals surface area contributed by atoms with Gasteiger partial charge in [-0.15, -0.1) is 0 Å². The van der Waals surface area contributed by atoms with E-state index in [0.29, 0.717) is 18.9 Å². The van der Waals surface area contributed by atoms with Crippen LogP contribution in [0.1, 0.15) is 17.5 Å². The molecule has 1 fully saturated rings. The van der Waals surface area contributed by atoms with E-state index < -0.39 is 17.4 Å². The molecule has 0 aliphatic carbocycles. The van der Waals surface area contributed by atoms with E-state index in [0.717, 1.165) is 5.56 Å². The van der Waals surface area contributed by atoms with Crippen molar-refractivity contribution in [3.63, 3.8) is 0 Å². The van der Waals surface area contributed by atoms with Crippen LogP contribution in [-0.2, 0) is 12.1 Å². The Morgan fingerprint density at radius 3 is 2.66 bits per heavy atom. The number of hydrogen-bond acceptors (Lipinski definition) is 3. The number of aliphatic hydroxyl groups is 1. The molecule has 2 aromatic carbocycles. The van der Waals surface area contributed by atoms with Gasteiger partial charge in [0, 0.05) is 18.2 Å². The zero-order valence-electron chi connectivity index (χ0n) is 15.6. The maximum absolute atomic E-state index is 14.1. The molecular formula is C21H20F2N4O2. The highest BCUT2D eigenvalue weighted by molar-refractivity contribution is 5.88. The van der Waals surface area contributed by atoms with Crippen molar-refractivity contribution in [2.75, 3.05) is 18.4 Å². The van der Waals surface area contributed by atoms with Crippen molar-refractivity contribution < 1.29 is 18.7 Å². The van der Waals surface area contributed by atoms with Crippen LogP contribution in [0.3, 0.4) is 0 Å². The second kappa shape index (κ2) is 7.63. The summed E-state index contributed by atoms with van der Waals surface area (Å²) in [6, 6.07) is 13.3. The summed E-state index contributed by atoms with van der Waals surface area (Å²) in [7, 11) is 0. The molecule has 1 unspecified atom stereocenters. The second-order valence-electron chi connectivity index (χ2n) is 7.11. The zero-order valence-corrected chi connectivity index (χ0v) is 15.6. The Labute approximate surface area is 166 Å². The summed E-state index contributed by atoms with van der Waals surface area (Å²) in [5.41, 5.74) is -0.394. The normalized spacial score (nSPS) is 18.8. The summed E-state index contributed by atoms with van der Waals surface area (Å²) >= 11 is 0. The first-order chi connectivity index (χ1) is 13.9. The summed E-state index contributed by atoms with van der Waals surface area (Å²) in [5, 5.41) is 17.8. The van der Waals surface area contributed by atoms with Gasteiger partial charge < -0.3 is 10.0 Å². The third kappa shape index (κ3) is 3.97. The highest BCUT2D eigenvalue weighted by Crippen LogP contribution is 2.33. The van der Waals surface area contributed by atoms with Gasteiger partial charge in [-0.3, -0.25) is 5.32 Å². The van der Waals surface area contributed by atoms with Gasteiger partial charge in [-0.1, -0.05) is 30.3 Å². The molecule has 2 heterocycles. The van der Waals surface area contributed by atoms with Gasteiger partial charge in [-0.25, -0.2) is 18.3 Å². The first kappa shape index (κ1) is 19.1. The van der Waals surface area contributed by atoms with Crippen molar-refractivity contribution in [2.24, 2.45) is 0 Å². The molecule has 2 amide bonds. The van der Waals surface area contributed by atoms with E-state index in [1.165, 1.54) is 29.2 Å². The van der Waals surface area contributed by atoms with E-state index in [9.17, 15) is 18.7 Å². The Balaban J connectivity index is 1.44. The van der Waals surface area contributed by atoms with Crippen molar-refractivity contribution in [3.05, 3.63) is 83.6 Å². The van der Waals surface area contributed by atoms with Crippen molar-refractivity contribution >= 4 is 11.8 Å². The average Bonchev–Trinajstić information content (AvgIpc) is 3.31. The number of halogens is 2.